The number of anilines is 2. The molecule has 0 fully saturated rings. The van der Waals surface area contributed by atoms with Crippen molar-refractivity contribution in [3.63, 3.8) is 0 Å². The van der Waals surface area contributed by atoms with Crippen molar-refractivity contribution in [2.24, 2.45) is 0 Å². The molecule has 3 nitrogen and oxygen atoms in total. The lowest BCUT2D eigenvalue weighted by Gasteiger charge is -2.06. The zero-order valence-electron chi connectivity index (χ0n) is 8.30. The summed E-state index contributed by atoms with van der Waals surface area (Å²) in [5, 5.41) is 3.25. The van der Waals surface area contributed by atoms with Crippen LogP contribution >= 0.6 is 0 Å². The van der Waals surface area contributed by atoms with Crippen LogP contribution in [0.5, 0.6) is 0 Å². The van der Waals surface area contributed by atoms with Crippen LogP contribution in [0, 0.1) is 6.92 Å². The van der Waals surface area contributed by atoms with Crippen molar-refractivity contribution in [3.05, 3.63) is 17.8 Å². The van der Waals surface area contributed by atoms with Gasteiger partial charge in [-0.25, -0.2) is 4.98 Å². The molecule has 1 aromatic heterocycles. The number of nitrogens with one attached hydrogen (secondary N) is 1. The molecule has 0 saturated heterocycles. The average Bonchev–Trinajstić information content (AvgIpc) is 2.12. The highest BCUT2D eigenvalue weighted by Gasteiger charge is 1.96. The van der Waals surface area contributed by atoms with Crippen LogP contribution in [0.4, 0.5) is 11.5 Å². The number of nitrogens with zero attached hydrogens (tertiary/aromatic N) is 1. The van der Waals surface area contributed by atoms with E-state index in [1.807, 2.05) is 13.0 Å². The fourth-order valence-electron chi connectivity index (χ4n) is 1.06. The summed E-state index contributed by atoms with van der Waals surface area (Å²) in [6, 6.07) is 1.98. The predicted molar refractivity (Wildman–Crippen MR) is 56.8 cm³/mol. The van der Waals surface area contributed by atoms with Crippen molar-refractivity contribution in [2.45, 2.75) is 26.7 Å². The molecular weight excluding hydrogens is 162 g/mol. The molecule has 0 bridgehead atoms. The molecule has 0 amide bonds. The van der Waals surface area contributed by atoms with E-state index in [2.05, 4.69) is 17.2 Å². The van der Waals surface area contributed by atoms with E-state index in [1.165, 1.54) is 12.8 Å². The smallest absolute Gasteiger partial charge is 0.126 e. The molecule has 0 saturated carbocycles. The van der Waals surface area contributed by atoms with Crippen molar-refractivity contribution >= 4 is 11.5 Å². The van der Waals surface area contributed by atoms with E-state index in [0.717, 1.165) is 23.6 Å². The third-order valence-corrected chi connectivity index (χ3v) is 1.99. The Kier molecular flexibility index (Phi) is 3.55. The summed E-state index contributed by atoms with van der Waals surface area (Å²) in [7, 11) is 0. The Bertz CT molecular complexity index is 271. The van der Waals surface area contributed by atoms with Crippen molar-refractivity contribution in [3.8, 4) is 0 Å². The second-order valence-corrected chi connectivity index (χ2v) is 3.21. The fraction of sp³-hybridized carbons (Fsp3) is 0.500. The first-order valence-corrected chi connectivity index (χ1v) is 4.70. The van der Waals surface area contributed by atoms with E-state index in [-0.39, 0.29) is 0 Å². The van der Waals surface area contributed by atoms with Crippen LogP contribution in [-0.4, -0.2) is 11.5 Å². The number of nitrogens with two attached hydrogens (primary N) is 1. The Hall–Kier alpha value is -1.25. The zero-order chi connectivity index (χ0) is 9.68. The largest absolute Gasteiger partial charge is 0.397 e. The second kappa shape index (κ2) is 4.70. The topological polar surface area (TPSA) is 50.9 Å². The van der Waals surface area contributed by atoms with Gasteiger partial charge in [0.25, 0.3) is 0 Å². The maximum atomic E-state index is 5.65. The Balaban J connectivity index is 2.53. The maximum absolute atomic E-state index is 5.65. The lowest BCUT2D eigenvalue weighted by atomic mass is 10.2. The molecule has 0 aliphatic carbocycles. The summed E-state index contributed by atoms with van der Waals surface area (Å²) in [4.78, 5) is 4.17. The molecule has 3 N–H and O–H groups in total. The first-order chi connectivity index (χ1) is 6.24. The van der Waals surface area contributed by atoms with Gasteiger partial charge < -0.3 is 11.1 Å². The molecule has 0 radical (unpaired) electrons. The van der Waals surface area contributed by atoms with Gasteiger partial charge in [0, 0.05) is 6.54 Å². The van der Waals surface area contributed by atoms with Gasteiger partial charge in [0.1, 0.15) is 5.82 Å². The number of unbranched alkanes of at least 4 members (excludes halogenated alkanes) is 1. The van der Waals surface area contributed by atoms with Gasteiger partial charge in [-0.2, -0.15) is 0 Å². The van der Waals surface area contributed by atoms with Crippen LogP contribution in [0.3, 0.4) is 0 Å². The van der Waals surface area contributed by atoms with Crippen LogP contribution < -0.4 is 11.1 Å². The predicted octanol–water partition coefficient (Wildman–Crippen LogP) is 2.18. The number of hydrogen-bond acceptors (Lipinski definition) is 3. The third-order valence-electron chi connectivity index (χ3n) is 1.99. The van der Waals surface area contributed by atoms with Crippen molar-refractivity contribution in [2.75, 3.05) is 17.6 Å². The molecule has 0 spiro atoms. The zero-order valence-corrected chi connectivity index (χ0v) is 8.30. The number of hydrogen-bond donors (Lipinski definition) is 2. The van der Waals surface area contributed by atoms with E-state index in [4.69, 9.17) is 5.73 Å². The van der Waals surface area contributed by atoms with Gasteiger partial charge in [-0.05, 0) is 25.0 Å². The van der Waals surface area contributed by atoms with Crippen LogP contribution in [-0.2, 0) is 0 Å². The average molecular weight is 179 g/mol. The Morgan fingerprint density at radius 3 is 2.92 bits per heavy atom. The first kappa shape index (κ1) is 9.84. The first-order valence-electron chi connectivity index (χ1n) is 4.70. The van der Waals surface area contributed by atoms with Crippen LogP contribution in [0.25, 0.3) is 0 Å². The summed E-state index contributed by atoms with van der Waals surface area (Å²) in [5.74, 6) is 0.917. The molecular formula is C10H17N3. The maximum Gasteiger partial charge on any atom is 0.126 e. The van der Waals surface area contributed by atoms with E-state index in [0.29, 0.717) is 0 Å². The summed E-state index contributed by atoms with van der Waals surface area (Å²) in [6.07, 6.45) is 4.07. The van der Waals surface area contributed by atoms with Crippen molar-refractivity contribution < 1.29 is 0 Å². The van der Waals surface area contributed by atoms with Crippen LogP contribution in [0.2, 0.25) is 0 Å². The standard InChI is InChI=1S/C10H17N3/c1-3-4-5-12-10-6-8(2)9(11)7-13-10/h6-7H,3-5,11H2,1-2H3,(H,12,13). The summed E-state index contributed by atoms with van der Waals surface area (Å²) < 4.78 is 0. The molecule has 13 heavy (non-hydrogen) atoms. The minimum Gasteiger partial charge on any atom is -0.397 e. The lowest BCUT2D eigenvalue weighted by molar-refractivity contribution is 0.831. The van der Waals surface area contributed by atoms with Gasteiger partial charge >= 0.3 is 0 Å². The molecule has 1 heterocycles. The molecule has 1 rings (SSSR count). The van der Waals surface area contributed by atoms with Gasteiger partial charge in [0.2, 0.25) is 0 Å². The molecule has 3 heteroatoms. The van der Waals surface area contributed by atoms with Crippen LogP contribution in [0.1, 0.15) is 25.3 Å². The SMILES string of the molecule is CCCCNc1cc(C)c(N)cn1. The molecule has 0 aliphatic heterocycles. The minimum absolute atomic E-state index is 0.751. The molecule has 0 aromatic carbocycles. The molecule has 72 valence electrons. The highest BCUT2D eigenvalue weighted by molar-refractivity contribution is 5.50. The van der Waals surface area contributed by atoms with Gasteiger partial charge in [-0.1, -0.05) is 13.3 Å². The highest BCUT2D eigenvalue weighted by atomic mass is 15.0. The van der Waals surface area contributed by atoms with E-state index in [9.17, 15) is 0 Å². The quantitative estimate of drug-likeness (QED) is 0.696. The summed E-state index contributed by atoms with van der Waals surface area (Å²) >= 11 is 0. The number of aromatic nitrogens is 1. The Labute approximate surface area is 79.4 Å². The van der Waals surface area contributed by atoms with E-state index >= 15 is 0 Å². The van der Waals surface area contributed by atoms with E-state index < -0.39 is 0 Å². The molecule has 1 aromatic rings. The van der Waals surface area contributed by atoms with Crippen molar-refractivity contribution in [1.29, 1.82) is 0 Å². The fourth-order valence-corrected chi connectivity index (χ4v) is 1.06. The van der Waals surface area contributed by atoms with Gasteiger partial charge in [-0.3, -0.25) is 0 Å². The van der Waals surface area contributed by atoms with Gasteiger partial charge in [0.05, 0.1) is 11.9 Å². The number of pyridine rings is 1. The molecule has 0 unspecified atom stereocenters. The molecule has 0 atom stereocenters. The number of rotatable bonds is 4. The third kappa shape index (κ3) is 2.93. The molecule has 0 aliphatic rings. The Morgan fingerprint density at radius 1 is 1.54 bits per heavy atom. The van der Waals surface area contributed by atoms with Crippen LogP contribution in [0.15, 0.2) is 12.3 Å². The Morgan fingerprint density at radius 2 is 2.31 bits per heavy atom. The summed E-state index contributed by atoms with van der Waals surface area (Å²) in [6.45, 7) is 5.14. The van der Waals surface area contributed by atoms with Gasteiger partial charge in [0.15, 0.2) is 0 Å². The monoisotopic (exact) mass is 179 g/mol. The van der Waals surface area contributed by atoms with Gasteiger partial charge in [-0.15, -0.1) is 0 Å². The number of nitrogen functional groups attached to an aromatic ring is 1. The normalized spacial score (nSPS) is 10.0. The minimum atomic E-state index is 0.751. The van der Waals surface area contributed by atoms with Crippen molar-refractivity contribution in [1.82, 2.24) is 4.98 Å². The van der Waals surface area contributed by atoms with E-state index in [1.54, 1.807) is 6.20 Å². The second-order valence-electron chi connectivity index (χ2n) is 3.21. The number of aryl methyl sites for hydroxylation is 1. The lowest BCUT2D eigenvalue weighted by Crippen LogP contribution is -2.03. The highest BCUT2D eigenvalue weighted by Crippen LogP contribution is 2.12. The summed E-state index contributed by atoms with van der Waals surface area (Å²) in [5.41, 5.74) is 7.48.